The van der Waals surface area contributed by atoms with Gasteiger partial charge in [0.25, 0.3) is 0 Å². The van der Waals surface area contributed by atoms with Crippen LogP contribution in [0.5, 0.6) is 0 Å². The largest absolute Gasteiger partial charge is 0.368 e. The van der Waals surface area contributed by atoms with Crippen molar-refractivity contribution in [1.29, 1.82) is 0 Å². The first-order chi connectivity index (χ1) is 7.78. The van der Waals surface area contributed by atoms with Crippen LogP contribution in [-0.2, 0) is 6.54 Å². The van der Waals surface area contributed by atoms with Crippen LogP contribution in [0.1, 0.15) is 19.8 Å². The molecule has 1 aliphatic carbocycles. The Kier molecular flexibility index (Phi) is 1.95. The molecule has 0 bridgehead atoms. The van der Waals surface area contributed by atoms with Gasteiger partial charge >= 0.3 is 0 Å². The summed E-state index contributed by atoms with van der Waals surface area (Å²) in [6, 6.07) is 0.532. The third-order valence-corrected chi connectivity index (χ3v) is 2.74. The molecule has 84 valence electrons. The Morgan fingerprint density at radius 2 is 2.31 bits per heavy atom. The van der Waals surface area contributed by atoms with Gasteiger partial charge in [0.15, 0.2) is 17.0 Å². The van der Waals surface area contributed by atoms with Crippen LogP contribution in [0.4, 0.5) is 11.8 Å². The van der Waals surface area contributed by atoms with E-state index in [9.17, 15) is 0 Å². The van der Waals surface area contributed by atoms with Crippen molar-refractivity contribution < 1.29 is 0 Å². The summed E-state index contributed by atoms with van der Waals surface area (Å²) < 4.78 is 1.96. The quantitative estimate of drug-likeness (QED) is 0.803. The van der Waals surface area contributed by atoms with Crippen LogP contribution in [0.2, 0.25) is 0 Å². The van der Waals surface area contributed by atoms with E-state index in [1.807, 2.05) is 11.5 Å². The molecule has 0 spiro atoms. The molecule has 0 aliphatic heterocycles. The van der Waals surface area contributed by atoms with Gasteiger partial charge in [-0.25, -0.2) is 4.98 Å². The summed E-state index contributed by atoms with van der Waals surface area (Å²) >= 11 is 0. The highest BCUT2D eigenvalue weighted by molar-refractivity contribution is 5.84. The zero-order valence-electron chi connectivity index (χ0n) is 9.14. The van der Waals surface area contributed by atoms with Gasteiger partial charge in [0.05, 0.1) is 6.33 Å². The van der Waals surface area contributed by atoms with E-state index in [0.717, 1.165) is 23.5 Å². The molecule has 16 heavy (non-hydrogen) atoms. The van der Waals surface area contributed by atoms with E-state index in [1.165, 1.54) is 12.8 Å². The predicted molar refractivity (Wildman–Crippen MR) is 62.1 cm³/mol. The minimum Gasteiger partial charge on any atom is -0.368 e. The Morgan fingerprint density at radius 3 is 3.00 bits per heavy atom. The van der Waals surface area contributed by atoms with Gasteiger partial charge < -0.3 is 15.6 Å². The molecule has 6 heteroatoms. The Morgan fingerprint density at radius 1 is 1.50 bits per heavy atom. The van der Waals surface area contributed by atoms with E-state index in [0.29, 0.717) is 12.0 Å². The maximum absolute atomic E-state index is 5.70. The van der Waals surface area contributed by atoms with Gasteiger partial charge in [-0.05, 0) is 19.8 Å². The van der Waals surface area contributed by atoms with Crippen molar-refractivity contribution in [2.75, 3.05) is 11.1 Å². The van der Waals surface area contributed by atoms with E-state index in [-0.39, 0.29) is 0 Å². The molecule has 2 aromatic heterocycles. The lowest BCUT2D eigenvalue weighted by molar-refractivity contribution is 0.778. The molecule has 0 saturated heterocycles. The summed E-state index contributed by atoms with van der Waals surface area (Å²) in [5.41, 5.74) is 7.31. The highest BCUT2D eigenvalue weighted by Gasteiger charge is 2.23. The number of anilines is 2. The van der Waals surface area contributed by atoms with E-state index >= 15 is 0 Å². The second-order valence-corrected chi connectivity index (χ2v) is 4.05. The van der Waals surface area contributed by atoms with Gasteiger partial charge in [0.1, 0.15) is 0 Å². The minimum atomic E-state index is 0.297. The van der Waals surface area contributed by atoms with Gasteiger partial charge in [-0.3, -0.25) is 0 Å². The molecule has 0 aromatic carbocycles. The topological polar surface area (TPSA) is 81.7 Å². The van der Waals surface area contributed by atoms with Gasteiger partial charge in [-0.1, -0.05) is 0 Å². The lowest BCUT2D eigenvalue weighted by atomic mass is 10.4. The molecule has 6 nitrogen and oxygen atoms in total. The summed E-state index contributed by atoms with van der Waals surface area (Å²) in [5.74, 6) is 1.06. The van der Waals surface area contributed by atoms with Crippen molar-refractivity contribution >= 4 is 22.9 Å². The average Bonchev–Trinajstić information content (AvgIpc) is 2.96. The van der Waals surface area contributed by atoms with Gasteiger partial charge in [-0.15, -0.1) is 0 Å². The first kappa shape index (κ1) is 9.38. The summed E-state index contributed by atoms with van der Waals surface area (Å²) in [7, 11) is 0. The second kappa shape index (κ2) is 3.33. The van der Waals surface area contributed by atoms with Crippen LogP contribution in [0, 0.1) is 0 Å². The first-order valence-corrected chi connectivity index (χ1v) is 5.53. The number of nitrogen functional groups attached to an aromatic ring is 1. The molecule has 0 atom stereocenters. The Labute approximate surface area is 92.9 Å². The van der Waals surface area contributed by atoms with E-state index < -0.39 is 0 Å². The predicted octanol–water partition coefficient (Wildman–Crippen LogP) is 1.00. The van der Waals surface area contributed by atoms with Crippen molar-refractivity contribution in [2.45, 2.75) is 32.4 Å². The summed E-state index contributed by atoms with van der Waals surface area (Å²) in [5, 5.41) is 3.33. The van der Waals surface area contributed by atoms with Crippen LogP contribution in [0.15, 0.2) is 6.33 Å². The number of hydrogen-bond donors (Lipinski definition) is 2. The molecule has 3 N–H and O–H groups in total. The SMILES string of the molecule is CCn1cnc2c(NC3CC3)nc(N)nc21. The fraction of sp³-hybridized carbons (Fsp3) is 0.500. The number of imidazole rings is 1. The number of nitrogens with two attached hydrogens (primary N) is 1. The number of hydrogen-bond acceptors (Lipinski definition) is 5. The average molecular weight is 218 g/mol. The van der Waals surface area contributed by atoms with Crippen LogP contribution in [0.3, 0.4) is 0 Å². The van der Waals surface area contributed by atoms with Crippen LogP contribution < -0.4 is 11.1 Å². The normalized spacial score (nSPS) is 15.6. The molecule has 3 rings (SSSR count). The lowest BCUT2D eigenvalue weighted by Crippen LogP contribution is -2.07. The maximum Gasteiger partial charge on any atom is 0.224 e. The summed E-state index contributed by atoms with van der Waals surface area (Å²) in [4.78, 5) is 12.8. The molecular weight excluding hydrogens is 204 g/mol. The fourth-order valence-corrected chi connectivity index (χ4v) is 1.71. The standard InChI is InChI=1S/C10H14N6/c1-2-16-5-12-7-8(13-6-3-4-6)14-10(11)15-9(7)16/h5-6H,2-4H2,1H3,(H3,11,13,14,15). The number of fused-ring (bicyclic) bond motifs is 1. The van der Waals surface area contributed by atoms with Crippen molar-refractivity contribution in [3.05, 3.63) is 6.33 Å². The summed E-state index contributed by atoms with van der Waals surface area (Å²) in [6.07, 6.45) is 4.16. The van der Waals surface area contributed by atoms with Crippen molar-refractivity contribution in [3.8, 4) is 0 Å². The first-order valence-electron chi connectivity index (χ1n) is 5.53. The molecule has 1 aliphatic rings. The van der Waals surface area contributed by atoms with E-state index in [1.54, 1.807) is 6.33 Å². The third kappa shape index (κ3) is 1.46. The Balaban J connectivity index is 2.14. The highest BCUT2D eigenvalue weighted by atomic mass is 15.2. The van der Waals surface area contributed by atoms with E-state index in [4.69, 9.17) is 5.73 Å². The minimum absolute atomic E-state index is 0.297. The molecule has 0 amide bonds. The number of rotatable bonds is 3. The highest BCUT2D eigenvalue weighted by Crippen LogP contribution is 2.27. The molecule has 0 unspecified atom stereocenters. The second-order valence-electron chi connectivity index (χ2n) is 4.05. The molecule has 2 heterocycles. The fourth-order valence-electron chi connectivity index (χ4n) is 1.71. The number of nitrogens with one attached hydrogen (secondary N) is 1. The lowest BCUT2D eigenvalue weighted by Gasteiger charge is -2.05. The molecule has 2 aromatic rings. The van der Waals surface area contributed by atoms with Crippen LogP contribution >= 0.6 is 0 Å². The van der Waals surface area contributed by atoms with Crippen LogP contribution in [0.25, 0.3) is 11.2 Å². The van der Waals surface area contributed by atoms with Gasteiger partial charge in [-0.2, -0.15) is 9.97 Å². The molecular formula is C10H14N6. The zero-order chi connectivity index (χ0) is 11.1. The third-order valence-electron chi connectivity index (χ3n) is 2.74. The van der Waals surface area contributed by atoms with Crippen molar-refractivity contribution in [3.63, 3.8) is 0 Å². The number of aromatic nitrogens is 4. The van der Waals surface area contributed by atoms with Crippen LogP contribution in [-0.4, -0.2) is 25.6 Å². The molecule has 1 fully saturated rings. The molecule has 0 radical (unpaired) electrons. The van der Waals surface area contributed by atoms with E-state index in [2.05, 4.69) is 20.3 Å². The Hall–Kier alpha value is -1.85. The van der Waals surface area contributed by atoms with Gasteiger partial charge in [0.2, 0.25) is 5.95 Å². The van der Waals surface area contributed by atoms with Crippen molar-refractivity contribution in [1.82, 2.24) is 19.5 Å². The van der Waals surface area contributed by atoms with Gasteiger partial charge in [0, 0.05) is 12.6 Å². The monoisotopic (exact) mass is 218 g/mol. The summed E-state index contributed by atoms with van der Waals surface area (Å²) in [6.45, 7) is 2.88. The number of nitrogens with zero attached hydrogens (tertiary/aromatic N) is 4. The number of aryl methyl sites for hydroxylation is 1. The Bertz CT molecular complexity index is 527. The molecule has 1 saturated carbocycles. The zero-order valence-corrected chi connectivity index (χ0v) is 9.14. The smallest absolute Gasteiger partial charge is 0.224 e. The van der Waals surface area contributed by atoms with Crippen molar-refractivity contribution in [2.24, 2.45) is 0 Å². The maximum atomic E-state index is 5.70.